The number of hydrogen-bond acceptors (Lipinski definition) is 8. The first-order valence-corrected chi connectivity index (χ1v) is 8.62. The van der Waals surface area contributed by atoms with Crippen LogP contribution >= 0.6 is 0 Å². The number of ether oxygens (including phenoxy) is 1. The number of aliphatic hydroxyl groups is 1. The minimum Gasteiger partial charge on any atom is -0.507 e. The molecule has 31 heavy (non-hydrogen) atoms. The van der Waals surface area contributed by atoms with Crippen molar-refractivity contribution >= 4 is 17.4 Å². The fourth-order valence-electron chi connectivity index (χ4n) is 2.47. The van der Waals surface area contributed by atoms with Crippen LogP contribution in [0, 0.1) is 33.3 Å². The number of benzene rings is 2. The molecular weight excluding hydrogens is 406 g/mol. The SMILES string of the molecule is COc1cc(/C(O)=C(\C#N)C(=O)N(C)CC#Cc2ccccc2O)cc([N+](=O)[O-])c1O. The van der Waals surface area contributed by atoms with Crippen LogP contribution in [0.15, 0.2) is 42.0 Å². The molecular formula is C21H17N3O7. The van der Waals surface area contributed by atoms with Gasteiger partial charge in [-0.3, -0.25) is 14.9 Å². The Balaban J connectivity index is 2.36. The summed E-state index contributed by atoms with van der Waals surface area (Å²) in [4.78, 5) is 23.9. The molecule has 0 aliphatic rings. The zero-order chi connectivity index (χ0) is 23.1. The van der Waals surface area contributed by atoms with Gasteiger partial charge in [0.15, 0.2) is 11.3 Å². The van der Waals surface area contributed by atoms with Crippen LogP contribution in [0.4, 0.5) is 5.69 Å². The summed E-state index contributed by atoms with van der Waals surface area (Å²) in [5, 5.41) is 50.5. The topological polar surface area (TPSA) is 157 Å². The lowest BCUT2D eigenvalue weighted by Crippen LogP contribution is -2.28. The van der Waals surface area contributed by atoms with Crippen LogP contribution in [0.5, 0.6) is 17.2 Å². The summed E-state index contributed by atoms with van der Waals surface area (Å²) in [5.74, 6) is 2.54. The van der Waals surface area contributed by atoms with Gasteiger partial charge in [-0.25, -0.2) is 0 Å². The number of rotatable bonds is 5. The summed E-state index contributed by atoms with van der Waals surface area (Å²) in [7, 11) is 2.49. The lowest BCUT2D eigenvalue weighted by Gasteiger charge is -2.14. The Morgan fingerprint density at radius 1 is 1.29 bits per heavy atom. The largest absolute Gasteiger partial charge is 0.507 e. The number of nitriles is 1. The maximum atomic E-state index is 12.6. The van der Waals surface area contributed by atoms with E-state index in [4.69, 9.17) is 4.74 Å². The highest BCUT2D eigenvalue weighted by atomic mass is 16.6. The van der Waals surface area contributed by atoms with Crippen molar-refractivity contribution in [3.8, 4) is 35.2 Å². The van der Waals surface area contributed by atoms with E-state index in [0.717, 1.165) is 24.1 Å². The monoisotopic (exact) mass is 423 g/mol. The van der Waals surface area contributed by atoms with Crippen molar-refractivity contribution in [2.24, 2.45) is 0 Å². The van der Waals surface area contributed by atoms with Crippen LogP contribution in [-0.4, -0.2) is 51.8 Å². The van der Waals surface area contributed by atoms with Crippen molar-refractivity contribution in [3.63, 3.8) is 0 Å². The predicted molar refractivity (Wildman–Crippen MR) is 109 cm³/mol. The molecule has 10 nitrogen and oxygen atoms in total. The van der Waals surface area contributed by atoms with Crippen molar-refractivity contribution < 1.29 is 29.8 Å². The summed E-state index contributed by atoms with van der Waals surface area (Å²) >= 11 is 0. The van der Waals surface area contributed by atoms with Gasteiger partial charge in [0, 0.05) is 18.7 Å². The minimum absolute atomic E-state index is 0.0258. The molecule has 0 radical (unpaired) electrons. The van der Waals surface area contributed by atoms with Gasteiger partial charge in [-0.05, 0) is 18.2 Å². The molecule has 0 aliphatic heterocycles. The first-order chi connectivity index (χ1) is 14.7. The van der Waals surface area contributed by atoms with Gasteiger partial charge >= 0.3 is 5.69 Å². The van der Waals surface area contributed by atoms with Crippen molar-refractivity contribution in [1.29, 1.82) is 5.26 Å². The minimum atomic E-state index is -0.900. The molecule has 2 aromatic rings. The number of phenolic OH excluding ortho intramolecular Hbond substituents is 2. The van der Waals surface area contributed by atoms with E-state index in [1.54, 1.807) is 24.3 Å². The van der Waals surface area contributed by atoms with Crippen molar-refractivity contribution in [2.75, 3.05) is 20.7 Å². The fraction of sp³-hybridized carbons (Fsp3) is 0.143. The van der Waals surface area contributed by atoms with E-state index in [1.165, 1.54) is 13.1 Å². The summed E-state index contributed by atoms with van der Waals surface area (Å²) < 4.78 is 4.85. The average Bonchev–Trinajstić information content (AvgIpc) is 2.75. The molecule has 0 atom stereocenters. The molecule has 3 N–H and O–H groups in total. The van der Waals surface area contributed by atoms with E-state index in [0.29, 0.717) is 5.56 Å². The first kappa shape index (κ1) is 22.6. The van der Waals surface area contributed by atoms with Gasteiger partial charge in [0.1, 0.15) is 17.6 Å². The van der Waals surface area contributed by atoms with Gasteiger partial charge in [0.25, 0.3) is 5.91 Å². The molecule has 0 unspecified atom stereocenters. The van der Waals surface area contributed by atoms with Gasteiger partial charge in [0.05, 0.1) is 24.1 Å². The second kappa shape index (κ2) is 9.67. The summed E-state index contributed by atoms with van der Waals surface area (Å²) in [6.45, 7) is -0.134. The van der Waals surface area contributed by atoms with Crippen LogP contribution in [0.3, 0.4) is 0 Å². The number of phenols is 2. The van der Waals surface area contributed by atoms with Crippen molar-refractivity contribution in [2.45, 2.75) is 0 Å². The molecule has 2 aromatic carbocycles. The maximum Gasteiger partial charge on any atom is 0.315 e. The van der Waals surface area contributed by atoms with Crippen LogP contribution in [-0.2, 0) is 4.79 Å². The normalized spacial score (nSPS) is 10.7. The third kappa shape index (κ3) is 5.02. The Morgan fingerprint density at radius 3 is 2.55 bits per heavy atom. The highest BCUT2D eigenvalue weighted by molar-refractivity contribution is 6.03. The first-order valence-electron chi connectivity index (χ1n) is 8.62. The maximum absolute atomic E-state index is 12.6. The Labute approximate surface area is 177 Å². The lowest BCUT2D eigenvalue weighted by atomic mass is 10.1. The number of carbonyl (C=O) groups excluding carboxylic acids is 1. The second-order valence-corrected chi connectivity index (χ2v) is 6.12. The van der Waals surface area contributed by atoms with Gasteiger partial charge in [-0.2, -0.15) is 5.26 Å². The number of methoxy groups -OCH3 is 1. The second-order valence-electron chi connectivity index (χ2n) is 6.12. The number of aliphatic hydroxyl groups excluding tert-OH is 1. The van der Waals surface area contributed by atoms with E-state index in [-0.39, 0.29) is 23.6 Å². The van der Waals surface area contributed by atoms with Crippen LogP contribution in [0.25, 0.3) is 5.76 Å². The summed E-state index contributed by atoms with van der Waals surface area (Å²) in [6.07, 6.45) is 0. The molecule has 2 rings (SSSR count). The smallest absolute Gasteiger partial charge is 0.315 e. The molecule has 0 bridgehead atoms. The lowest BCUT2D eigenvalue weighted by molar-refractivity contribution is -0.386. The number of para-hydroxylation sites is 1. The highest BCUT2D eigenvalue weighted by Gasteiger charge is 2.25. The standard InChI is InChI=1S/C21H17N3O7/c1-23(9-5-7-13-6-3-4-8-17(13)25)21(28)15(12-22)19(26)14-10-16(24(29)30)20(27)18(11-14)31-2/h3-4,6,8,10-11,25-27H,9H2,1-2H3/b19-15-. The van der Waals surface area contributed by atoms with Crippen LogP contribution < -0.4 is 4.74 Å². The molecule has 158 valence electrons. The number of nitro groups is 1. The highest BCUT2D eigenvalue weighted by Crippen LogP contribution is 2.38. The fourth-order valence-corrected chi connectivity index (χ4v) is 2.47. The van der Waals surface area contributed by atoms with Gasteiger partial charge in [-0.1, -0.05) is 24.0 Å². The Hall–Kier alpha value is -4.70. The molecule has 0 spiro atoms. The number of carbonyl (C=O) groups is 1. The third-order valence-electron chi connectivity index (χ3n) is 4.10. The van der Waals surface area contributed by atoms with Crippen molar-refractivity contribution in [3.05, 3.63) is 63.2 Å². The number of likely N-dealkylation sites (N-methyl/N-ethyl adjacent to an activating group) is 1. The predicted octanol–water partition coefficient (Wildman–Crippen LogP) is 2.32. The molecule has 0 aromatic heterocycles. The van der Waals surface area contributed by atoms with Crippen molar-refractivity contribution in [1.82, 2.24) is 4.90 Å². The molecule has 0 heterocycles. The van der Waals surface area contributed by atoms with Gasteiger partial charge in [-0.15, -0.1) is 0 Å². The quantitative estimate of drug-likeness (QED) is 0.165. The van der Waals surface area contributed by atoms with E-state index in [2.05, 4.69) is 11.8 Å². The van der Waals surface area contributed by atoms with E-state index < -0.39 is 33.6 Å². The molecule has 0 saturated heterocycles. The summed E-state index contributed by atoms with van der Waals surface area (Å²) in [6, 6.07) is 9.80. The van der Waals surface area contributed by atoms with Crippen LogP contribution in [0.2, 0.25) is 0 Å². The molecule has 1 amide bonds. The van der Waals surface area contributed by atoms with E-state index in [1.807, 2.05) is 0 Å². The number of hydrogen-bond donors (Lipinski definition) is 3. The van der Waals surface area contributed by atoms with Gasteiger partial charge < -0.3 is 25.0 Å². The van der Waals surface area contributed by atoms with E-state index >= 15 is 0 Å². The molecule has 0 fully saturated rings. The molecule has 10 heteroatoms. The van der Waals surface area contributed by atoms with Crippen LogP contribution in [0.1, 0.15) is 11.1 Å². The average molecular weight is 423 g/mol. The Bertz CT molecular complexity index is 1170. The van der Waals surface area contributed by atoms with E-state index in [9.17, 15) is 35.5 Å². The third-order valence-corrected chi connectivity index (χ3v) is 4.10. The number of nitro benzene ring substituents is 1. The van der Waals surface area contributed by atoms with Gasteiger partial charge in [0.2, 0.25) is 5.75 Å². The Morgan fingerprint density at radius 2 is 1.97 bits per heavy atom. The zero-order valence-electron chi connectivity index (χ0n) is 16.5. The number of nitrogens with zero attached hydrogens (tertiary/aromatic N) is 3. The summed E-state index contributed by atoms with van der Waals surface area (Å²) in [5.41, 5.74) is -1.37. The number of aromatic hydroxyl groups is 2. The Kier molecular flexibility index (Phi) is 7.05. The molecule has 0 saturated carbocycles. The number of amides is 1. The zero-order valence-corrected chi connectivity index (χ0v) is 16.5. The molecule has 0 aliphatic carbocycles.